The van der Waals surface area contributed by atoms with Gasteiger partial charge in [-0.2, -0.15) is 0 Å². The second kappa shape index (κ2) is 4.89. The number of rotatable bonds is 3. The summed E-state index contributed by atoms with van der Waals surface area (Å²) in [4.78, 5) is 0. The van der Waals surface area contributed by atoms with Gasteiger partial charge in [-0.1, -0.05) is 25.0 Å². The number of hydrogen-bond acceptors (Lipinski definition) is 2. The SMILES string of the molecule is [CH2]C(O)C(C1CCCC1)n1cc(O)c2ccccc21. The van der Waals surface area contributed by atoms with Crippen molar-refractivity contribution in [3.8, 4) is 5.75 Å². The van der Waals surface area contributed by atoms with E-state index in [1.54, 1.807) is 6.20 Å². The van der Waals surface area contributed by atoms with E-state index < -0.39 is 6.10 Å². The van der Waals surface area contributed by atoms with E-state index in [9.17, 15) is 10.2 Å². The Balaban J connectivity index is 2.09. The zero-order valence-electron chi connectivity index (χ0n) is 11.0. The lowest BCUT2D eigenvalue weighted by Crippen LogP contribution is -2.27. The molecule has 2 atom stereocenters. The number of nitrogens with zero attached hydrogens (tertiary/aromatic N) is 1. The Morgan fingerprint density at radius 3 is 2.58 bits per heavy atom. The maximum Gasteiger partial charge on any atom is 0.141 e. The van der Waals surface area contributed by atoms with Crippen molar-refractivity contribution in [1.82, 2.24) is 4.57 Å². The molecule has 1 radical (unpaired) electrons. The number of para-hydroxylation sites is 1. The lowest BCUT2D eigenvalue weighted by atomic mass is 9.93. The van der Waals surface area contributed by atoms with E-state index in [1.807, 2.05) is 28.8 Å². The van der Waals surface area contributed by atoms with E-state index in [4.69, 9.17) is 0 Å². The van der Waals surface area contributed by atoms with Crippen LogP contribution in [-0.4, -0.2) is 20.9 Å². The molecule has 0 spiro atoms. The number of aliphatic hydroxyl groups is 1. The van der Waals surface area contributed by atoms with Crippen LogP contribution in [0.15, 0.2) is 30.5 Å². The van der Waals surface area contributed by atoms with Crippen molar-refractivity contribution >= 4 is 10.9 Å². The molecule has 2 unspecified atom stereocenters. The summed E-state index contributed by atoms with van der Waals surface area (Å²) in [5, 5.41) is 21.0. The van der Waals surface area contributed by atoms with Crippen LogP contribution in [0.3, 0.4) is 0 Å². The minimum absolute atomic E-state index is 0.0479. The molecule has 1 aliphatic carbocycles. The van der Waals surface area contributed by atoms with Gasteiger partial charge in [0.25, 0.3) is 0 Å². The fourth-order valence-corrected chi connectivity index (χ4v) is 3.46. The molecule has 0 amide bonds. The average molecular weight is 258 g/mol. The molecule has 0 saturated heterocycles. The summed E-state index contributed by atoms with van der Waals surface area (Å²) in [6, 6.07) is 7.71. The lowest BCUT2D eigenvalue weighted by molar-refractivity contribution is 0.118. The van der Waals surface area contributed by atoms with Crippen LogP contribution >= 0.6 is 0 Å². The van der Waals surface area contributed by atoms with E-state index in [2.05, 4.69) is 6.92 Å². The van der Waals surface area contributed by atoms with Crippen LogP contribution in [0.1, 0.15) is 31.7 Å². The van der Waals surface area contributed by atoms with E-state index >= 15 is 0 Å². The molecule has 1 aromatic heterocycles. The predicted molar refractivity (Wildman–Crippen MR) is 76.0 cm³/mol. The second-order valence-corrected chi connectivity index (χ2v) is 5.54. The van der Waals surface area contributed by atoms with Crippen molar-refractivity contribution in [2.45, 2.75) is 37.8 Å². The highest BCUT2D eigenvalue weighted by molar-refractivity contribution is 5.86. The number of fused-ring (bicyclic) bond motifs is 1. The largest absolute Gasteiger partial charge is 0.506 e. The third kappa shape index (κ3) is 2.12. The molecule has 0 aliphatic heterocycles. The molecule has 19 heavy (non-hydrogen) atoms. The molecule has 3 rings (SSSR count). The van der Waals surface area contributed by atoms with Crippen LogP contribution in [0, 0.1) is 12.8 Å². The Labute approximate surface area is 113 Å². The Bertz CT molecular complexity index is 567. The normalized spacial score (nSPS) is 19.9. The Kier molecular flexibility index (Phi) is 3.23. The quantitative estimate of drug-likeness (QED) is 0.887. The Hall–Kier alpha value is -1.48. The summed E-state index contributed by atoms with van der Waals surface area (Å²) in [5.41, 5.74) is 0.972. The number of benzene rings is 1. The van der Waals surface area contributed by atoms with Crippen molar-refractivity contribution < 1.29 is 10.2 Å². The summed E-state index contributed by atoms with van der Waals surface area (Å²) in [7, 11) is 0. The maximum atomic E-state index is 10.1. The van der Waals surface area contributed by atoms with Gasteiger partial charge in [-0.15, -0.1) is 0 Å². The minimum Gasteiger partial charge on any atom is -0.506 e. The van der Waals surface area contributed by atoms with Gasteiger partial charge in [0, 0.05) is 11.6 Å². The van der Waals surface area contributed by atoms with Gasteiger partial charge in [-0.25, -0.2) is 0 Å². The van der Waals surface area contributed by atoms with Crippen LogP contribution in [0.2, 0.25) is 0 Å². The second-order valence-electron chi connectivity index (χ2n) is 5.54. The Morgan fingerprint density at radius 1 is 1.21 bits per heavy atom. The molecular weight excluding hydrogens is 238 g/mol. The summed E-state index contributed by atoms with van der Waals surface area (Å²) < 4.78 is 2.01. The zero-order valence-corrected chi connectivity index (χ0v) is 11.0. The Morgan fingerprint density at radius 2 is 1.89 bits per heavy atom. The highest BCUT2D eigenvalue weighted by atomic mass is 16.3. The maximum absolute atomic E-state index is 10.1. The summed E-state index contributed by atoms with van der Waals surface area (Å²) in [5.74, 6) is 0.724. The van der Waals surface area contributed by atoms with Gasteiger partial charge in [-0.3, -0.25) is 0 Å². The van der Waals surface area contributed by atoms with Crippen molar-refractivity contribution in [3.63, 3.8) is 0 Å². The standard InChI is InChI=1S/C16H20NO2/c1-11(18)16(12-6-2-3-7-12)17-10-15(19)13-8-4-5-9-14(13)17/h4-5,8-12,16,18-19H,1-3,6-7H2. The lowest BCUT2D eigenvalue weighted by Gasteiger charge is -2.28. The molecule has 1 fully saturated rings. The third-order valence-electron chi connectivity index (χ3n) is 4.32. The van der Waals surface area contributed by atoms with Gasteiger partial charge in [0.1, 0.15) is 5.75 Å². The van der Waals surface area contributed by atoms with Gasteiger partial charge in [0.2, 0.25) is 0 Å². The molecule has 1 heterocycles. The first kappa shape index (κ1) is 12.5. The van der Waals surface area contributed by atoms with Gasteiger partial charge in [0.05, 0.1) is 17.7 Å². The fourth-order valence-electron chi connectivity index (χ4n) is 3.46. The van der Waals surface area contributed by atoms with E-state index in [-0.39, 0.29) is 11.8 Å². The highest BCUT2D eigenvalue weighted by Gasteiger charge is 2.31. The van der Waals surface area contributed by atoms with Gasteiger partial charge in [0.15, 0.2) is 0 Å². The van der Waals surface area contributed by atoms with Crippen LogP contribution in [0.5, 0.6) is 5.75 Å². The number of hydrogen-bond donors (Lipinski definition) is 2. The fraction of sp³-hybridized carbons (Fsp3) is 0.438. The summed E-state index contributed by atoms with van der Waals surface area (Å²) in [6.45, 7) is 3.83. The first-order valence-electron chi connectivity index (χ1n) is 6.98. The molecular formula is C16H20NO2. The van der Waals surface area contributed by atoms with Gasteiger partial charge < -0.3 is 14.8 Å². The molecule has 1 aliphatic rings. The van der Waals surface area contributed by atoms with E-state index in [0.29, 0.717) is 5.92 Å². The van der Waals surface area contributed by atoms with Crippen molar-refractivity contribution in [3.05, 3.63) is 37.4 Å². The molecule has 101 valence electrons. The molecule has 0 bridgehead atoms. The van der Waals surface area contributed by atoms with E-state index in [1.165, 1.54) is 12.8 Å². The predicted octanol–water partition coefficient (Wildman–Crippen LogP) is 3.27. The third-order valence-corrected chi connectivity index (χ3v) is 4.32. The van der Waals surface area contributed by atoms with Crippen LogP contribution in [0.4, 0.5) is 0 Å². The number of aromatic nitrogens is 1. The highest BCUT2D eigenvalue weighted by Crippen LogP contribution is 2.39. The van der Waals surface area contributed by atoms with Crippen molar-refractivity contribution in [1.29, 1.82) is 0 Å². The summed E-state index contributed by atoms with van der Waals surface area (Å²) in [6.07, 6.45) is 5.79. The minimum atomic E-state index is -0.654. The molecule has 1 saturated carbocycles. The smallest absolute Gasteiger partial charge is 0.141 e. The molecule has 2 N–H and O–H groups in total. The van der Waals surface area contributed by atoms with Crippen LogP contribution < -0.4 is 0 Å². The topological polar surface area (TPSA) is 45.4 Å². The average Bonchev–Trinajstić information content (AvgIpc) is 3.00. The molecule has 3 nitrogen and oxygen atoms in total. The van der Waals surface area contributed by atoms with Crippen LogP contribution in [0.25, 0.3) is 10.9 Å². The first-order chi connectivity index (χ1) is 9.18. The molecule has 1 aromatic carbocycles. The zero-order chi connectivity index (χ0) is 13.4. The van der Waals surface area contributed by atoms with Crippen molar-refractivity contribution in [2.75, 3.05) is 0 Å². The molecule has 3 heteroatoms. The van der Waals surface area contributed by atoms with Crippen LogP contribution in [-0.2, 0) is 0 Å². The monoisotopic (exact) mass is 258 g/mol. The molecule has 2 aromatic rings. The summed E-state index contributed by atoms with van der Waals surface area (Å²) >= 11 is 0. The first-order valence-corrected chi connectivity index (χ1v) is 6.98. The number of aromatic hydroxyl groups is 1. The van der Waals surface area contributed by atoms with E-state index in [0.717, 1.165) is 23.7 Å². The van der Waals surface area contributed by atoms with Crippen molar-refractivity contribution in [2.24, 2.45) is 5.92 Å². The number of aliphatic hydroxyl groups excluding tert-OH is 1. The van der Waals surface area contributed by atoms with Gasteiger partial charge >= 0.3 is 0 Å². The van der Waals surface area contributed by atoms with Gasteiger partial charge in [-0.05, 0) is 37.8 Å².